The largest absolute Gasteiger partial charge is 0.370 e. The number of hydrogen-bond donors (Lipinski definition) is 6. The van der Waals surface area contributed by atoms with Crippen LogP contribution in [0.1, 0.15) is 50.3 Å². The molecule has 0 fully saturated rings. The van der Waals surface area contributed by atoms with Gasteiger partial charge in [-0.05, 0) is 70.2 Å². The summed E-state index contributed by atoms with van der Waals surface area (Å²) in [4.78, 5) is 71.2. The van der Waals surface area contributed by atoms with E-state index in [0.717, 1.165) is 20.3 Å². The van der Waals surface area contributed by atoms with Gasteiger partial charge in [0, 0.05) is 36.4 Å². The maximum atomic E-state index is 14.3. The molecule has 0 spiro atoms. The van der Waals surface area contributed by atoms with E-state index in [1.54, 1.807) is 13.8 Å². The lowest BCUT2D eigenvalue weighted by Crippen LogP contribution is -2.60. The Kier molecular flexibility index (Phi) is 13.3. The Morgan fingerprint density at radius 3 is 2.13 bits per heavy atom. The van der Waals surface area contributed by atoms with Crippen molar-refractivity contribution in [2.45, 2.75) is 77.2 Å². The number of nitrogens with zero attached hydrogens (tertiary/aromatic N) is 2. The molecule has 0 aromatic heterocycles. The second kappa shape index (κ2) is 16.9. The number of carbonyl (C=O) groups excluding carboxylic acids is 5. The molecule has 13 nitrogen and oxygen atoms in total. The smallest absolute Gasteiger partial charge is 0.246 e. The minimum absolute atomic E-state index is 0.106. The van der Waals surface area contributed by atoms with Gasteiger partial charge in [0.25, 0.3) is 0 Å². The highest BCUT2D eigenvalue weighted by Gasteiger charge is 2.38. The maximum absolute atomic E-state index is 14.3. The Labute approximate surface area is 282 Å². The van der Waals surface area contributed by atoms with Gasteiger partial charge >= 0.3 is 0 Å². The predicted molar refractivity (Wildman–Crippen MR) is 183 cm³/mol. The third-order valence-electron chi connectivity index (χ3n) is 7.71. The van der Waals surface area contributed by atoms with Gasteiger partial charge in [-0.25, -0.2) is 0 Å². The molecule has 0 radical (unpaired) electrons. The van der Waals surface area contributed by atoms with E-state index in [9.17, 15) is 24.0 Å². The van der Waals surface area contributed by atoms with Crippen molar-refractivity contribution in [1.29, 1.82) is 0 Å². The third-order valence-corrected chi connectivity index (χ3v) is 8.43. The van der Waals surface area contributed by atoms with Crippen molar-refractivity contribution >= 4 is 58.1 Å². The lowest BCUT2D eigenvalue weighted by molar-refractivity contribution is -0.144. The molecule has 248 valence electrons. The zero-order valence-electron chi connectivity index (χ0n) is 26.3. The van der Waals surface area contributed by atoms with E-state index in [0.29, 0.717) is 6.42 Å². The van der Waals surface area contributed by atoms with Crippen molar-refractivity contribution in [3.05, 3.63) is 68.8 Å². The van der Waals surface area contributed by atoms with Gasteiger partial charge in [-0.1, -0.05) is 50.2 Å². The molecule has 2 aromatic carbocycles. The number of benzene rings is 2. The summed E-state index contributed by atoms with van der Waals surface area (Å²) in [5.41, 5.74) is 19.3. The fourth-order valence-electron chi connectivity index (χ4n) is 5.33. The van der Waals surface area contributed by atoms with Crippen LogP contribution < -0.4 is 33.2 Å². The van der Waals surface area contributed by atoms with Crippen LogP contribution in [0.4, 0.5) is 0 Å². The first kappa shape index (κ1) is 36.3. The van der Waals surface area contributed by atoms with Crippen molar-refractivity contribution in [3.63, 3.8) is 0 Å². The lowest BCUT2D eigenvalue weighted by atomic mass is 9.92. The predicted octanol–water partition coefficient (Wildman–Crippen LogP) is 0.456. The maximum Gasteiger partial charge on any atom is 0.246 e. The first-order valence-corrected chi connectivity index (χ1v) is 16.2. The first-order valence-electron chi connectivity index (χ1n) is 15.1. The number of nitrogens with two attached hydrogens (primary N) is 3. The molecule has 1 aliphatic heterocycles. The van der Waals surface area contributed by atoms with Crippen LogP contribution in [0.25, 0.3) is 0 Å². The quantitative estimate of drug-likeness (QED) is 0.0695. The third kappa shape index (κ3) is 10.4. The van der Waals surface area contributed by atoms with E-state index in [2.05, 4.69) is 43.5 Å². The Bertz CT molecular complexity index is 1440. The van der Waals surface area contributed by atoms with Crippen molar-refractivity contribution in [2.24, 2.45) is 28.1 Å². The Hall–Kier alpha value is -4.21. The van der Waals surface area contributed by atoms with Crippen molar-refractivity contribution in [1.82, 2.24) is 20.9 Å². The molecule has 0 saturated carbocycles. The number of carbonyl (C=O) groups is 5. The minimum Gasteiger partial charge on any atom is -0.370 e. The number of fused-ring (bicyclic) bond motifs is 1. The van der Waals surface area contributed by atoms with Gasteiger partial charge in [0.2, 0.25) is 29.5 Å². The molecule has 9 N–H and O–H groups in total. The number of aliphatic imine (C=N–C) groups is 1. The summed E-state index contributed by atoms with van der Waals surface area (Å²) in [5, 5.41) is 8.23. The summed E-state index contributed by atoms with van der Waals surface area (Å²) in [6.07, 6.45) is 0.862. The zero-order chi connectivity index (χ0) is 34.0. The second-order valence-corrected chi connectivity index (χ2v) is 12.9. The van der Waals surface area contributed by atoms with Crippen LogP contribution in [-0.2, 0) is 43.4 Å². The molecule has 1 heterocycles. The summed E-state index contributed by atoms with van der Waals surface area (Å²) >= 11 is 2.18. The van der Waals surface area contributed by atoms with E-state index in [4.69, 9.17) is 17.2 Å². The average molecular weight is 747 g/mol. The summed E-state index contributed by atoms with van der Waals surface area (Å²) in [7, 11) is 0. The van der Waals surface area contributed by atoms with E-state index in [1.807, 2.05) is 48.5 Å². The number of hydrogen-bond acceptors (Lipinski definition) is 6. The van der Waals surface area contributed by atoms with E-state index in [1.165, 1.54) is 11.8 Å². The van der Waals surface area contributed by atoms with Crippen LogP contribution in [0, 0.1) is 9.49 Å². The van der Waals surface area contributed by atoms with Gasteiger partial charge in [0.05, 0.1) is 0 Å². The molecule has 0 bridgehead atoms. The van der Waals surface area contributed by atoms with Gasteiger partial charge in [-0.3, -0.25) is 29.0 Å². The lowest BCUT2D eigenvalue weighted by Gasteiger charge is -2.37. The highest BCUT2D eigenvalue weighted by molar-refractivity contribution is 14.1. The summed E-state index contributed by atoms with van der Waals surface area (Å²) in [6.45, 7) is 5.21. The highest BCUT2D eigenvalue weighted by Crippen LogP contribution is 2.25. The molecular formula is C32H43IN8O5. The van der Waals surface area contributed by atoms with Crippen LogP contribution in [-0.4, -0.2) is 71.1 Å². The normalized spacial score (nSPS) is 15.9. The molecule has 0 unspecified atom stereocenters. The van der Waals surface area contributed by atoms with E-state index < -0.39 is 53.7 Å². The van der Waals surface area contributed by atoms with Gasteiger partial charge in [0.15, 0.2) is 5.96 Å². The summed E-state index contributed by atoms with van der Waals surface area (Å²) < 4.78 is 0.997. The molecule has 1 aliphatic rings. The van der Waals surface area contributed by atoms with Gasteiger partial charge < -0.3 is 38.1 Å². The van der Waals surface area contributed by atoms with Gasteiger partial charge in [-0.15, -0.1) is 0 Å². The monoisotopic (exact) mass is 746 g/mol. The van der Waals surface area contributed by atoms with Crippen molar-refractivity contribution in [2.75, 3.05) is 6.54 Å². The number of nitrogens with one attached hydrogen (secondary N) is 3. The summed E-state index contributed by atoms with van der Waals surface area (Å²) in [6, 6.07) is 11.1. The summed E-state index contributed by atoms with van der Waals surface area (Å²) in [5.74, 6) is -3.05. The SMILES string of the molecule is CC(=O)N[C@H](C(=O)N[C@@H](CCCN=C(N)N)C(=O)N[C@H](Cc1ccc(I)cc1)C(=O)N1Cc2ccccc2C[C@H]1C(N)=O)C(C)C. The molecule has 0 aliphatic carbocycles. The number of rotatable bonds is 14. The molecular weight excluding hydrogens is 703 g/mol. The van der Waals surface area contributed by atoms with Gasteiger partial charge in [0.1, 0.15) is 24.2 Å². The van der Waals surface area contributed by atoms with E-state index in [-0.39, 0.29) is 44.2 Å². The van der Waals surface area contributed by atoms with Gasteiger partial charge in [-0.2, -0.15) is 0 Å². The Morgan fingerprint density at radius 1 is 0.913 bits per heavy atom. The second-order valence-electron chi connectivity index (χ2n) is 11.7. The average Bonchev–Trinajstić information content (AvgIpc) is 3.00. The first-order chi connectivity index (χ1) is 21.8. The fraction of sp³-hybridized carbons (Fsp3) is 0.438. The number of amides is 5. The van der Waals surface area contributed by atoms with Crippen LogP contribution in [0.5, 0.6) is 0 Å². The standard InChI is InChI=1S/C32H43IN8O5/c1-18(2)27(38-19(3)42)30(45)39-24(9-6-14-37-32(35)36)29(44)40-25(15-20-10-12-23(33)13-11-20)31(46)41-17-22-8-5-4-7-21(22)16-26(41)28(34)43/h4-5,7-8,10-13,18,24-27H,6,9,14-17H2,1-3H3,(H2,34,43)(H,38,42)(H,39,45)(H,40,44)(H4,35,36,37)/t24-,25+,26-,27-/m0/s1. The Morgan fingerprint density at radius 2 is 1.54 bits per heavy atom. The van der Waals surface area contributed by atoms with Crippen molar-refractivity contribution in [3.8, 4) is 0 Å². The number of guanidine groups is 1. The topological polar surface area (TPSA) is 215 Å². The molecule has 5 amide bonds. The molecule has 3 rings (SSSR count). The molecule has 4 atom stereocenters. The number of primary amides is 1. The zero-order valence-corrected chi connectivity index (χ0v) is 28.5. The van der Waals surface area contributed by atoms with Crippen LogP contribution in [0.15, 0.2) is 53.5 Å². The molecule has 14 heteroatoms. The van der Waals surface area contributed by atoms with Crippen molar-refractivity contribution < 1.29 is 24.0 Å². The van der Waals surface area contributed by atoms with Crippen LogP contribution in [0.2, 0.25) is 0 Å². The molecule has 2 aromatic rings. The highest BCUT2D eigenvalue weighted by atomic mass is 127. The minimum atomic E-state index is -1.09. The van der Waals surface area contributed by atoms with E-state index >= 15 is 0 Å². The number of halogens is 1. The molecule has 46 heavy (non-hydrogen) atoms. The Balaban J connectivity index is 1.93. The fourth-order valence-corrected chi connectivity index (χ4v) is 5.68. The van der Waals surface area contributed by atoms with Crippen LogP contribution in [0.3, 0.4) is 0 Å². The van der Waals surface area contributed by atoms with Crippen LogP contribution >= 0.6 is 22.6 Å². The molecule has 0 saturated heterocycles.